The highest BCUT2D eigenvalue weighted by molar-refractivity contribution is 9.10. The smallest absolute Gasteiger partial charge is 0.227 e. The van der Waals surface area contributed by atoms with Crippen LogP contribution in [-0.2, 0) is 11.2 Å². The fraction of sp³-hybridized carbons (Fsp3) is 0.296. The fourth-order valence-corrected chi connectivity index (χ4v) is 5.68. The largest absolute Gasteiger partial charge is 0.457 e. The van der Waals surface area contributed by atoms with E-state index in [4.69, 9.17) is 4.74 Å². The predicted molar refractivity (Wildman–Crippen MR) is 130 cm³/mol. The molecular weight excluding hydrogens is 483 g/mol. The van der Waals surface area contributed by atoms with Gasteiger partial charge in [-0.1, -0.05) is 46.3 Å². The zero-order valence-electron chi connectivity index (χ0n) is 18.5. The van der Waals surface area contributed by atoms with Gasteiger partial charge in [0.2, 0.25) is 5.91 Å². The molecule has 2 heterocycles. The average molecular weight is 509 g/mol. The molecule has 2 aliphatic rings. The maximum absolute atomic E-state index is 13.0. The van der Waals surface area contributed by atoms with E-state index in [1.807, 2.05) is 30.3 Å². The highest BCUT2D eigenvalue weighted by atomic mass is 79.9. The summed E-state index contributed by atoms with van der Waals surface area (Å²) in [6.07, 6.45) is 1.44. The number of hydrogen-bond acceptors (Lipinski definition) is 3. The Morgan fingerprint density at radius 1 is 1.00 bits per heavy atom. The van der Waals surface area contributed by atoms with Crippen LogP contribution in [0.25, 0.3) is 0 Å². The lowest BCUT2D eigenvalue weighted by molar-refractivity contribution is -0.133. The Bertz CT molecular complexity index is 1140. The van der Waals surface area contributed by atoms with Gasteiger partial charge in [0.1, 0.15) is 17.3 Å². The Kier molecular flexibility index (Phi) is 6.21. The molecule has 3 atom stereocenters. The predicted octanol–water partition coefficient (Wildman–Crippen LogP) is 5.97. The molecule has 6 heteroatoms. The van der Waals surface area contributed by atoms with Crippen LogP contribution in [0.5, 0.6) is 11.5 Å². The number of rotatable bonds is 6. The molecule has 0 spiro atoms. The van der Waals surface area contributed by atoms with Gasteiger partial charge in [0.25, 0.3) is 0 Å². The molecule has 3 aromatic rings. The van der Waals surface area contributed by atoms with Crippen molar-refractivity contribution in [3.63, 3.8) is 0 Å². The van der Waals surface area contributed by atoms with Crippen molar-refractivity contribution in [3.8, 4) is 11.5 Å². The molecule has 1 amide bonds. The minimum absolute atomic E-state index is 0.183. The molecule has 3 unspecified atom stereocenters. The number of benzene rings is 3. The number of hydrogen-bond donors (Lipinski definition) is 0. The molecule has 2 fully saturated rings. The Balaban J connectivity index is 1.17. The van der Waals surface area contributed by atoms with Crippen LogP contribution in [0.3, 0.4) is 0 Å². The normalized spacial score (nSPS) is 20.8. The second kappa shape index (κ2) is 9.27. The number of ether oxygens (including phenoxy) is 1. The van der Waals surface area contributed by atoms with Crippen LogP contribution in [0, 0.1) is 5.82 Å². The van der Waals surface area contributed by atoms with E-state index in [1.54, 1.807) is 12.1 Å². The van der Waals surface area contributed by atoms with Gasteiger partial charge in [-0.05, 0) is 66.9 Å². The second-order valence-electron chi connectivity index (χ2n) is 8.86. The lowest BCUT2D eigenvalue weighted by Crippen LogP contribution is -2.49. The number of amides is 1. The Morgan fingerprint density at radius 2 is 1.67 bits per heavy atom. The number of piperazine rings is 1. The fourth-order valence-electron chi connectivity index (χ4n) is 5.06. The van der Waals surface area contributed by atoms with Gasteiger partial charge in [-0.25, -0.2) is 4.39 Å². The van der Waals surface area contributed by atoms with Gasteiger partial charge in [-0.15, -0.1) is 0 Å². The monoisotopic (exact) mass is 508 g/mol. The van der Waals surface area contributed by atoms with Gasteiger partial charge in [0.15, 0.2) is 0 Å². The SMILES string of the molecule is CC(c1ccccc1Br)N1CC2CC1CN2C(=O)Cc1ccc(Oc2ccc(F)cc2)cc1. The quantitative estimate of drug-likeness (QED) is 0.411. The highest BCUT2D eigenvalue weighted by Gasteiger charge is 2.46. The zero-order valence-corrected chi connectivity index (χ0v) is 20.0. The molecule has 2 saturated heterocycles. The Hall–Kier alpha value is -2.70. The van der Waals surface area contributed by atoms with E-state index in [0.29, 0.717) is 30.0 Å². The van der Waals surface area contributed by atoms with E-state index in [1.165, 1.54) is 17.7 Å². The van der Waals surface area contributed by atoms with Gasteiger partial charge in [0, 0.05) is 35.7 Å². The summed E-state index contributed by atoms with van der Waals surface area (Å²) in [7, 11) is 0. The molecule has 2 bridgehead atoms. The van der Waals surface area contributed by atoms with Crippen molar-refractivity contribution in [2.75, 3.05) is 13.1 Å². The number of carbonyl (C=O) groups is 1. The third kappa shape index (κ3) is 4.68. The standard InChI is InChI=1S/C27H26BrFN2O2/c1-18(25-4-2-3-5-26(25)28)30-16-22-15-21(30)17-31(22)27(32)14-19-6-10-23(11-7-19)33-24-12-8-20(29)9-13-24/h2-13,18,21-22H,14-17H2,1H3. The number of halogens is 2. The molecule has 0 aromatic heterocycles. The van der Waals surface area contributed by atoms with Crippen molar-refractivity contribution in [3.05, 3.63) is 94.2 Å². The van der Waals surface area contributed by atoms with Gasteiger partial charge < -0.3 is 9.64 Å². The van der Waals surface area contributed by atoms with E-state index in [2.05, 4.69) is 50.9 Å². The average Bonchev–Trinajstić information content (AvgIpc) is 3.43. The van der Waals surface area contributed by atoms with Crippen molar-refractivity contribution in [2.24, 2.45) is 0 Å². The molecule has 3 aromatic carbocycles. The van der Waals surface area contributed by atoms with E-state index in [-0.39, 0.29) is 17.8 Å². The number of nitrogens with zero attached hydrogens (tertiary/aromatic N) is 2. The highest BCUT2D eigenvalue weighted by Crippen LogP contribution is 2.38. The molecule has 170 valence electrons. The number of carbonyl (C=O) groups excluding carboxylic acids is 1. The summed E-state index contributed by atoms with van der Waals surface area (Å²) in [5.74, 6) is 1.13. The summed E-state index contributed by atoms with van der Waals surface area (Å²) in [5, 5.41) is 0. The maximum atomic E-state index is 13.0. The molecule has 2 aliphatic heterocycles. The van der Waals surface area contributed by atoms with Crippen LogP contribution in [0.1, 0.15) is 30.5 Å². The summed E-state index contributed by atoms with van der Waals surface area (Å²) >= 11 is 3.68. The van der Waals surface area contributed by atoms with Crippen LogP contribution >= 0.6 is 15.9 Å². The summed E-state index contributed by atoms with van der Waals surface area (Å²) in [5.41, 5.74) is 2.26. The first-order chi connectivity index (χ1) is 16.0. The summed E-state index contributed by atoms with van der Waals surface area (Å²) in [4.78, 5) is 17.7. The number of likely N-dealkylation sites (tertiary alicyclic amines) is 2. The van der Waals surface area contributed by atoms with Crippen LogP contribution in [0.15, 0.2) is 77.3 Å². The molecule has 0 saturated carbocycles. The minimum Gasteiger partial charge on any atom is -0.457 e. The molecule has 0 N–H and O–H groups in total. The first-order valence-electron chi connectivity index (χ1n) is 11.3. The first kappa shape index (κ1) is 22.1. The van der Waals surface area contributed by atoms with Crippen LogP contribution in [-0.4, -0.2) is 40.9 Å². The van der Waals surface area contributed by atoms with Crippen LogP contribution in [0.4, 0.5) is 4.39 Å². The topological polar surface area (TPSA) is 32.8 Å². The summed E-state index contributed by atoms with van der Waals surface area (Å²) < 4.78 is 19.9. The van der Waals surface area contributed by atoms with Crippen LogP contribution in [0.2, 0.25) is 0 Å². The Labute approximate surface area is 202 Å². The second-order valence-corrected chi connectivity index (χ2v) is 9.71. The van der Waals surface area contributed by atoms with E-state index in [0.717, 1.165) is 29.5 Å². The molecular formula is C27H26BrFN2O2. The van der Waals surface area contributed by atoms with Gasteiger partial charge in [-0.2, -0.15) is 0 Å². The summed E-state index contributed by atoms with van der Waals surface area (Å²) in [6.45, 7) is 3.97. The van der Waals surface area contributed by atoms with Gasteiger partial charge >= 0.3 is 0 Å². The van der Waals surface area contributed by atoms with Crippen LogP contribution < -0.4 is 4.74 Å². The Morgan fingerprint density at radius 3 is 2.30 bits per heavy atom. The van der Waals surface area contributed by atoms with Crippen molar-refractivity contribution in [1.29, 1.82) is 0 Å². The van der Waals surface area contributed by atoms with Gasteiger partial charge in [0.05, 0.1) is 6.42 Å². The molecule has 5 rings (SSSR count). The number of fused-ring (bicyclic) bond motifs is 2. The molecule has 0 radical (unpaired) electrons. The van der Waals surface area contributed by atoms with Gasteiger partial charge in [-0.3, -0.25) is 9.69 Å². The van der Waals surface area contributed by atoms with E-state index < -0.39 is 0 Å². The zero-order chi connectivity index (χ0) is 22.9. The lowest BCUT2D eigenvalue weighted by atomic mass is 10.1. The third-order valence-corrected chi connectivity index (χ3v) is 7.51. The molecule has 33 heavy (non-hydrogen) atoms. The first-order valence-corrected chi connectivity index (χ1v) is 12.1. The minimum atomic E-state index is -0.294. The van der Waals surface area contributed by atoms with Crippen molar-refractivity contribution < 1.29 is 13.9 Å². The van der Waals surface area contributed by atoms with Crippen molar-refractivity contribution in [2.45, 2.75) is 37.9 Å². The lowest BCUT2D eigenvalue weighted by Gasteiger charge is -2.38. The maximum Gasteiger partial charge on any atom is 0.227 e. The molecule has 0 aliphatic carbocycles. The van der Waals surface area contributed by atoms with Crippen molar-refractivity contribution in [1.82, 2.24) is 9.80 Å². The summed E-state index contributed by atoms with van der Waals surface area (Å²) in [6, 6.07) is 22.9. The molecule has 4 nitrogen and oxygen atoms in total. The van der Waals surface area contributed by atoms with E-state index in [9.17, 15) is 9.18 Å². The third-order valence-electron chi connectivity index (χ3n) is 6.78. The van der Waals surface area contributed by atoms with E-state index >= 15 is 0 Å². The van der Waals surface area contributed by atoms with Crippen molar-refractivity contribution >= 4 is 21.8 Å².